The average Bonchev–Trinajstić information content (AvgIpc) is 2.89. The number of rotatable bonds is 4. The van der Waals surface area contributed by atoms with Crippen molar-refractivity contribution in [3.63, 3.8) is 0 Å². The predicted octanol–water partition coefficient (Wildman–Crippen LogP) is 3.46. The number of hydrogen-bond acceptors (Lipinski definition) is 5. The van der Waals surface area contributed by atoms with Gasteiger partial charge in [0.05, 0.1) is 11.5 Å². The fourth-order valence-electron chi connectivity index (χ4n) is 2.15. The molecule has 1 atom stereocenters. The predicted molar refractivity (Wildman–Crippen MR) is 87.8 cm³/mol. The van der Waals surface area contributed by atoms with Crippen LogP contribution in [-0.4, -0.2) is 27.7 Å². The molecule has 0 saturated carbocycles. The van der Waals surface area contributed by atoms with Crippen molar-refractivity contribution < 1.29 is 5.11 Å². The van der Waals surface area contributed by atoms with Crippen LogP contribution in [0.25, 0.3) is 20.7 Å². The fraction of sp³-hybridized carbons (Fsp3) is 0.250. The van der Waals surface area contributed by atoms with Gasteiger partial charge in [0.25, 0.3) is 0 Å². The van der Waals surface area contributed by atoms with Gasteiger partial charge in [-0.05, 0) is 25.5 Å². The molecule has 1 unspecified atom stereocenters. The number of hydrogen-bond donors (Lipinski definition) is 2. The summed E-state index contributed by atoms with van der Waals surface area (Å²) in [5.74, 6) is 1.52. The minimum atomic E-state index is -0.414. The molecule has 1 aromatic carbocycles. The monoisotopic (exact) mass is 299 g/mol. The second-order valence-corrected chi connectivity index (χ2v) is 6.08. The van der Waals surface area contributed by atoms with Crippen LogP contribution in [0.3, 0.4) is 0 Å². The van der Waals surface area contributed by atoms with Gasteiger partial charge in [0.15, 0.2) is 0 Å². The number of benzene rings is 1. The number of nitrogens with zero attached hydrogens (tertiary/aromatic N) is 2. The summed E-state index contributed by atoms with van der Waals surface area (Å²) in [6, 6.07) is 12.4. The Labute approximate surface area is 127 Å². The van der Waals surface area contributed by atoms with Crippen LogP contribution in [0.2, 0.25) is 0 Å². The highest BCUT2D eigenvalue weighted by Gasteiger charge is 2.11. The molecule has 0 spiro atoms. The summed E-state index contributed by atoms with van der Waals surface area (Å²) in [5, 5.41) is 13.6. The Morgan fingerprint density at radius 2 is 2.00 bits per heavy atom. The van der Waals surface area contributed by atoms with E-state index in [4.69, 9.17) is 0 Å². The van der Waals surface area contributed by atoms with E-state index in [0.29, 0.717) is 6.54 Å². The summed E-state index contributed by atoms with van der Waals surface area (Å²) < 4.78 is 0. The minimum absolute atomic E-state index is 0.414. The van der Waals surface area contributed by atoms with Gasteiger partial charge in [-0.25, -0.2) is 9.97 Å². The third-order valence-corrected chi connectivity index (χ3v) is 4.21. The lowest BCUT2D eigenvalue weighted by molar-refractivity contribution is 0.208. The summed E-state index contributed by atoms with van der Waals surface area (Å²) in [7, 11) is 0. The van der Waals surface area contributed by atoms with Gasteiger partial charge in [0.1, 0.15) is 16.5 Å². The van der Waals surface area contributed by atoms with E-state index in [-0.39, 0.29) is 0 Å². The molecular weight excluding hydrogens is 282 g/mol. The molecule has 0 amide bonds. The molecule has 0 bridgehead atoms. The molecule has 3 aromatic rings. The molecule has 0 aliphatic rings. The minimum Gasteiger partial charge on any atom is -0.392 e. The normalized spacial score (nSPS) is 12.5. The largest absolute Gasteiger partial charge is 0.392 e. The second kappa shape index (κ2) is 5.79. The maximum absolute atomic E-state index is 9.43. The number of aryl methyl sites for hydroxylation is 1. The van der Waals surface area contributed by atoms with Crippen LogP contribution in [0.4, 0.5) is 5.82 Å². The number of aliphatic hydroxyl groups is 1. The van der Waals surface area contributed by atoms with E-state index in [2.05, 4.69) is 33.5 Å². The first-order valence-corrected chi connectivity index (χ1v) is 7.70. The van der Waals surface area contributed by atoms with Crippen LogP contribution in [0.1, 0.15) is 12.7 Å². The van der Waals surface area contributed by atoms with E-state index in [1.165, 1.54) is 10.4 Å². The van der Waals surface area contributed by atoms with Crippen molar-refractivity contribution in [2.24, 2.45) is 0 Å². The van der Waals surface area contributed by atoms with Gasteiger partial charge in [-0.2, -0.15) is 0 Å². The maximum atomic E-state index is 9.43. The number of nitrogens with one attached hydrogen (secondary N) is 1. The Morgan fingerprint density at radius 3 is 2.71 bits per heavy atom. The van der Waals surface area contributed by atoms with Gasteiger partial charge in [-0.1, -0.05) is 30.3 Å². The van der Waals surface area contributed by atoms with Crippen LogP contribution in [0.15, 0.2) is 36.4 Å². The van der Waals surface area contributed by atoms with Crippen molar-refractivity contribution in [2.45, 2.75) is 20.0 Å². The van der Waals surface area contributed by atoms with Crippen LogP contribution >= 0.6 is 11.3 Å². The zero-order chi connectivity index (χ0) is 14.8. The number of aromatic nitrogens is 2. The quantitative estimate of drug-likeness (QED) is 0.774. The first-order chi connectivity index (χ1) is 10.1. The fourth-order valence-corrected chi connectivity index (χ4v) is 3.23. The van der Waals surface area contributed by atoms with Gasteiger partial charge in [-0.3, -0.25) is 0 Å². The second-order valence-electron chi connectivity index (χ2n) is 5.04. The summed E-state index contributed by atoms with van der Waals surface area (Å²) in [5.41, 5.74) is 1.18. The summed E-state index contributed by atoms with van der Waals surface area (Å²) >= 11 is 1.66. The Morgan fingerprint density at radius 1 is 1.24 bits per heavy atom. The topological polar surface area (TPSA) is 58.0 Å². The molecule has 0 radical (unpaired) electrons. The lowest BCUT2D eigenvalue weighted by Gasteiger charge is -2.08. The lowest BCUT2D eigenvalue weighted by Crippen LogP contribution is -2.16. The molecule has 0 aliphatic carbocycles. The van der Waals surface area contributed by atoms with Gasteiger partial charge in [-0.15, -0.1) is 11.3 Å². The molecule has 2 N–H and O–H groups in total. The SMILES string of the molecule is Cc1nc(NCC(C)O)c2cc(-c3ccccc3)sc2n1. The molecule has 0 aliphatic heterocycles. The Balaban J connectivity index is 2.06. The molecule has 2 aromatic heterocycles. The average molecular weight is 299 g/mol. The molecule has 0 saturated heterocycles. The van der Waals surface area contributed by atoms with Crippen molar-refractivity contribution in [1.29, 1.82) is 0 Å². The molecule has 5 heteroatoms. The third kappa shape index (κ3) is 3.04. The van der Waals surface area contributed by atoms with Crippen molar-refractivity contribution in [2.75, 3.05) is 11.9 Å². The molecule has 2 heterocycles. The van der Waals surface area contributed by atoms with Gasteiger partial charge in [0.2, 0.25) is 0 Å². The number of fused-ring (bicyclic) bond motifs is 1. The number of aliphatic hydroxyl groups excluding tert-OH is 1. The van der Waals surface area contributed by atoms with E-state index < -0.39 is 6.10 Å². The van der Waals surface area contributed by atoms with Gasteiger partial charge < -0.3 is 10.4 Å². The molecule has 108 valence electrons. The molecular formula is C16H17N3OS. The summed E-state index contributed by atoms with van der Waals surface area (Å²) in [6.45, 7) is 4.11. The van der Waals surface area contributed by atoms with E-state index in [1.54, 1.807) is 18.3 Å². The zero-order valence-corrected chi connectivity index (χ0v) is 12.8. The van der Waals surface area contributed by atoms with E-state index in [0.717, 1.165) is 21.9 Å². The van der Waals surface area contributed by atoms with E-state index in [1.807, 2.05) is 25.1 Å². The van der Waals surface area contributed by atoms with Crippen molar-refractivity contribution in [1.82, 2.24) is 9.97 Å². The number of anilines is 1. The number of thiophene rings is 1. The molecule has 21 heavy (non-hydrogen) atoms. The van der Waals surface area contributed by atoms with E-state index in [9.17, 15) is 5.11 Å². The highest BCUT2D eigenvalue weighted by molar-refractivity contribution is 7.21. The van der Waals surface area contributed by atoms with Crippen LogP contribution in [0.5, 0.6) is 0 Å². The Bertz CT molecular complexity index is 753. The Kier molecular flexibility index (Phi) is 3.86. The zero-order valence-electron chi connectivity index (χ0n) is 12.0. The summed E-state index contributed by atoms with van der Waals surface area (Å²) in [6.07, 6.45) is -0.414. The van der Waals surface area contributed by atoms with Crippen molar-refractivity contribution in [3.8, 4) is 10.4 Å². The first-order valence-electron chi connectivity index (χ1n) is 6.89. The molecule has 3 rings (SSSR count). The molecule has 4 nitrogen and oxygen atoms in total. The molecule has 0 fully saturated rings. The van der Waals surface area contributed by atoms with E-state index >= 15 is 0 Å². The van der Waals surface area contributed by atoms with Crippen molar-refractivity contribution >= 4 is 27.4 Å². The van der Waals surface area contributed by atoms with Crippen molar-refractivity contribution in [3.05, 3.63) is 42.2 Å². The third-order valence-electron chi connectivity index (χ3n) is 3.13. The van der Waals surface area contributed by atoms with Gasteiger partial charge in [0, 0.05) is 11.4 Å². The standard InChI is InChI=1S/C16H17N3OS/c1-10(20)9-17-15-13-8-14(12-6-4-3-5-7-12)21-16(13)19-11(2)18-15/h3-8,10,20H,9H2,1-2H3,(H,17,18,19). The lowest BCUT2D eigenvalue weighted by atomic mass is 10.2. The van der Waals surface area contributed by atoms with Gasteiger partial charge >= 0.3 is 0 Å². The highest BCUT2D eigenvalue weighted by atomic mass is 32.1. The van der Waals surface area contributed by atoms with Crippen LogP contribution in [0, 0.1) is 6.92 Å². The maximum Gasteiger partial charge on any atom is 0.138 e. The van der Waals surface area contributed by atoms with Crippen LogP contribution < -0.4 is 5.32 Å². The van der Waals surface area contributed by atoms with Crippen LogP contribution in [-0.2, 0) is 0 Å². The smallest absolute Gasteiger partial charge is 0.138 e. The highest BCUT2D eigenvalue weighted by Crippen LogP contribution is 2.35. The Hall–Kier alpha value is -1.98. The summed E-state index contributed by atoms with van der Waals surface area (Å²) in [4.78, 5) is 11.1. The first kappa shape index (κ1) is 14.0.